The van der Waals surface area contributed by atoms with Crippen molar-refractivity contribution < 1.29 is 22.6 Å². The van der Waals surface area contributed by atoms with Gasteiger partial charge in [-0.25, -0.2) is 8.42 Å². The summed E-state index contributed by atoms with van der Waals surface area (Å²) < 4.78 is 32.3. The topological polar surface area (TPSA) is 123 Å². The zero-order valence-corrected chi connectivity index (χ0v) is 22.3. The van der Waals surface area contributed by atoms with Gasteiger partial charge in [-0.2, -0.15) is 0 Å². The Bertz CT molecular complexity index is 1650. The van der Waals surface area contributed by atoms with E-state index in [1.54, 1.807) is 30.3 Å². The van der Waals surface area contributed by atoms with Crippen LogP contribution >= 0.6 is 23.2 Å². The fraction of sp³-hybridized carbons (Fsp3) is 0.192. The maximum absolute atomic E-state index is 13.0. The molecule has 1 N–H and O–H groups in total. The lowest BCUT2D eigenvalue weighted by Gasteiger charge is -2.21. The van der Waals surface area contributed by atoms with Crippen LogP contribution in [0.1, 0.15) is 40.2 Å². The molecule has 4 aromatic rings. The molecule has 0 unspecified atom stereocenters. The number of hydrogen-bond acceptors (Lipinski definition) is 6. The lowest BCUT2D eigenvalue weighted by molar-refractivity contribution is -0.384. The highest BCUT2D eigenvalue weighted by molar-refractivity contribution is 7.74. The normalized spacial score (nSPS) is 13.2. The predicted octanol–water partition coefficient (Wildman–Crippen LogP) is 6.08. The van der Waals surface area contributed by atoms with Crippen molar-refractivity contribution in [1.82, 2.24) is 5.32 Å². The van der Waals surface area contributed by atoms with E-state index in [-0.39, 0.29) is 29.1 Å². The van der Waals surface area contributed by atoms with Crippen molar-refractivity contribution >= 4 is 62.3 Å². The van der Waals surface area contributed by atoms with E-state index in [1.807, 2.05) is 6.07 Å². The molecular formula is C26H21Cl2N3O6S. The number of amides is 1. The monoisotopic (exact) mass is 573 g/mol. The molecule has 1 aliphatic rings. The number of nitro benzene ring substituents is 1. The Kier molecular flexibility index (Phi) is 7.04. The van der Waals surface area contributed by atoms with Gasteiger partial charge in [0.05, 0.1) is 22.7 Å². The molecule has 0 atom stereocenters. The van der Waals surface area contributed by atoms with Crippen LogP contribution in [0.15, 0.2) is 59.0 Å². The number of fused-ring (bicyclic) bond motifs is 1. The molecule has 0 radical (unpaired) electrons. The first kappa shape index (κ1) is 26.0. The molecule has 12 heteroatoms. The molecule has 9 nitrogen and oxygen atoms in total. The Balaban J connectivity index is 1.66. The van der Waals surface area contributed by atoms with Crippen LogP contribution < -0.4 is 9.62 Å². The Morgan fingerprint density at radius 3 is 2.42 bits per heavy atom. The van der Waals surface area contributed by atoms with Gasteiger partial charge in [0, 0.05) is 35.2 Å². The van der Waals surface area contributed by atoms with Gasteiger partial charge in [0.2, 0.25) is 10.9 Å². The second-order valence-electron chi connectivity index (χ2n) is 8.91. The van der Waals surface area contributed by atoms with E-state index >= 15 is 0 Å². The van der Waals surface area contributed by atoms with Crippen molar-refractivity contribution in [2.45, 2.75) is 25.3 Å². The second-order valence-corrected chi connectivity index (χ2v) is 10.7. The fourth-order valence-corrected chi connectivity index (χ4v) is 5.48. The van der Waals surface area contributed by atoms with Gasteiger partial charge in [-0.1, -0.05) is 29.3 Å². The number of rotatable bonds is 8. The predicted molar refractivity (Wildman–Crippen MR) is 147 cm³/mol. The van der Waals surface area contributed by atoms with Crippen molar-refractivity contribution in [2.24, 2.45) is 0 Å². The van der Waals surface area contributed by atoms with Crippen molar-refractivity contribution in [3.05, 3.63) is 91.4 Å². The van der Waals surface area contributed by atoms with Crippen LogP contribution in [0.4, 0.5) is 11.4 Å². The smallest absolute Gasteiger partial charge is 0.287 e. The number of carbonyl (C=O) groups excluding carboxylic acids is 1. The molecule has 1 heterocycles. The molecule has 5 rings (SSSR count). The van der Waals surface area contributed by atoms with Crippen LogP contribution in [0.25, 0.3) is 22.3 Å². The highest BCUT2D eigenvalue weighted by atomic mass is 35.5. The number of carbonyl (C=O) groups is 1. The van der Waals surface area contributed by atoms with E-state index in [9.17, 15) is 23.3 Å². The van der Waals surface area contributed by atoms with Crippen molar-refractivity contribution in [3.63, 3.8) is 0 Å². The summed E-state index contributed by atoms with van der Waals surface area (Å²) in [6.07, 6.45) is 1.76. The quantitative estimate of drug-likeness (QED) is 0.149. The third-order valence-corrected chi connectivity index (χ3v) is 7.74. The van der Waals surface area contributed by atoms with Gasteiger partial charge in [0.1, 0.15) is 16.4 Å². The first-order chi connectivity index (χ1) is 18.2. The molecule has 1 amide bonds. The van der Waals surface area contributed by atoms with Crippen LogP contribution in [0.3, 0.4) is 0 Å². The molecule has 0 saturated heterocycles. The number of benzene rings is 3. The van der Waals surface area contributed by atoms with Crippen molar-refractivity contribution in [3.8, 4) is 11.3 Å². The molecular weight excluding hydrogens is 553 g/mol. The maximum Gasteiger partial charge on any atom is 0.287 e. The van der Waals surface area contributed by atoms with E-state index in [2.05, 4.69) is 5.32 Å². The summed E-state index contributed by atoms with van der Waals surface area (Å²) in [5.41, 5.74) is 2.75. The minimum Gasteiger partial charge on any atom is -0.455 e. The van der Waals surface area contributed by atoms with Gasteiger partial charge in [0.25, 0.3) is 11.6 Å². The minimum atomic E-state index is -3.11. The largest absolute Gasteiger partial charge is 0.455 e. The Morgan fingerprint density at radius 2 is 1.84 bits per heavy atom. The number of nitro groups is 1. The molecule has 0 bridgehead atoms. The van der Waals surface area contributed by atoms with Crippen molar-refractivity contribution in [1.29, 1.82) is 0 Å². The molecule has 1 aliphatic carbocycles. The van der Waals surface area contributed by atoms with Crippen LogP contribution in [-0.4, -0.2) is 26.3 Å². The summed E-state index contributed by atoms with van der Waals surface area (Å²) in [6.45, 7) is -0.0886. The van der Waals surface area contributed by atoms with E-state index in [0.29, 0.717) is 44.1 Å². The maximum atomic E-state index is 13.0. The SMILES string of the molecule is CNC(=O)c1c(-c2ccc(Cl)cc2)oc2cc(N(Cc3ccc([N+](=O)[O-])c(Cl)c3)[SH](=O)=O)c(C3CC3)cc12. The summed E-state index contributed by atoms with van der Waals surface area (Å²) in [6, 6.07) is 14.4. The van der Waals surface area contributed by atoms with E-state index < -0.39 is 15.8 Å². The third-order valence-electron chi connectivity index (χ3n) is 6.43. The third kappa shape index (κ3) is 4.94. The van der Waals surface area contributed by atoms with E-state index in [4.69, 9.17) is 27.6 Å². The van der Waals surface area contributed by atoms with Gasteiger partial charge in [-0.05, 0) is 66.3 Å². The standard InChI is InChI=1S/C26H21Cl2N3O6S/c1-29-26(32)24-19-11-18(15-3-4-15)22(12-23(19)37-25(24)16-5-7-17(27)8-6-16)30(38(35)36)13-14-2-9-21(31(33)34)20(28)10-14/h2,5-12,15,38H,3-4,13H2,1H3,(H,29,32). The zero-order chi connectivity index (χ0) is 27.1. The summed E-state index contributed by atoms with van der Waals surface area (Å²) >= 11 is 12.1. The average molecular weight is 574 g/mol. The Hall–Kier alpha value is -3.60. The van der Waals surface area contributed by atoms with Gasteiger partial charge in [-0.15, -0.1) is 0 Å². The number of anilines is 1. The van der Waals surface area contributed by atoms with Crippen LogP contribution in [-0.2, 0) is 17.4 Å². The number of nitrogens with zero attached hydrogens (tertiary/aromatic N) is 2. The molecule has 0 spiro atoms. The van der Waals surface area contributed by atoms with Crippen molar-refractivity contribution in [2.75, 3.05) is 11.4 Å². The van der Waals surface area contributed by atoms with Crippen LogP contribution in [0.2, 0.25) is 10.0 Å². The second kappa shape index (κ2) is 10.3. The number of nitrogens with one attached hydrogen (secondary N) is 1. The zero-order valence-electron chi connectivity index (χ0n) is 19.9. The number of halogens is 2. The van der Waals surface area contributed by atoms with Crippen LogP contribution in [0, 0.1) is 10.1 Å². The van der Waals surface area contributed by atoms with Gasteiger partial charge in [-0.3, -0.25) is 19.2 Å². The molecule has 196 valence electrons. The summed E-state index contributed by atoms with van der Waals surface area (Å²) in [7, 11) is -1.58. The number of hydrogen-bond donors (Lipinski definition) is 2. The fourth-order valence-electron chi connectivity index (χ4n) is 4.45. The summed E-state index contributed by atoms with van der Waals surface area (Å²) in [5, 5.41) is 14.8. The molecule has 1 fully saturated rings. The Morgan fingerprint density at radius 1 is 1.13 bits per heavy atom. The Labute approximate surface area is 229 Å². The molecule has 0 aliphatic heterocycles. The van der Waals surface area contributed by atoms with Gasteiger partial charge in [0.15, 0.2) is 0 Å². The van der Waals surface area contributed by atoms with E-state index in [1.165, 1.54) is 29.6 Å². The molecule has 38 heavy (non-hydrogen) atoms. The average Bonchev–Trinajstić information content (AvgIpc) is 3.66. The lowest BCUT2D eigenvalue weighted by Crippen LogP contribution is -2.22. The lowest BCUT2D eigenvalue weighted by atomic mass is 10.00. The first-order valence-corrected chi connectivity index (χ1v) is 13.5. The summed E-state index contributed by atoms with van der Waals surface area (Å²) in [5.74, 6) is 0.129. The summed E-state index contributed by atoms with van der Waals surface area (Å²) in [4.78, 5) is 23.5. The molecule has 3 aromatic carbocycles. The van der Waals surface area contributed by atoms with E-state index in [0.717, 1.165) is 18.4 Å². The first-order valence-electron chi connectivity index (χ1n) is 11.6. The van der Waals surface area contributed by atoms with Gasteiger partial charge < -0.3 is 9.73 Å². The highest BCUT2D eigenvalue weighted by Crippen LogP contribution is 2.48. The molecule has 1 aromatic heterocycles. The van der Waals surface area contributed by atoms with Gasteiger partial charge >= 0.3 is 0 Å². The highest BCUT2D eigenvalue weighted by Gasteiger charge is 2.32. The number of furan rings is 1. The molecule has 1 saturated carbocycles. The van der Waals surface area contributed by atoms with Crippen LogP contribution in [0.5, 0.6) is 0 Å². The minimum absolute atomic E-state index is 0.0831. The number of thiol groups is 1.